The Kier molecular flexibility index (Phi) is 3.87. The molecule has 2 aromatic heterocycles. The van der Waals surface area contributed by atoms with E-state index in [9.17, 15) is 19.1 Å². The molecule has 0 saturated heterocycles. The van der Waals surface area contributed by atoms with Crippen LogP contribution in [0.1, 0.15) is 28.9 Å². The number of thiophene rings is 1. The molecule has 1 aromatic carbocycles. The number of rotatable bonds is 3. The Morgan fingerprint density at radius 1 is 1.30 bits per heavy atom. The molecule has 1 amide bonds. The molecule has 0 aliphatic rings. The Morgan fingerprint density at radius 3 is 2.70 bits per heavy atom. The summed E-state index contributed by atoms with van der Waals surface area (Å²) in [6.07, 6.45) is 0. The van der Waals surface area contributed by atoms with Gasteiger partial charge in [-0.1, -0.05) is 12.1 Å². The van der Waals surface area contributed by atoms with Crippen molar-refractivity contribution in [1.82, 2.24) is 10.3 Å². The second kappa shape index (κ2) is 5.85. The number of carbonyl (C=O) groups excluding carboxylic acids is 1. The second-order valence-corrected chi connectivity index (χ2v) is 6.00. The van der Waals surface area contributed by atoms with Gasteiger partial charge in [-0.15, -0.1) is 11.3 Å². The largest absolute Gasteiger partial charge is 0.505 e. The van der Waals surface area contributed by atoms with E-state index in [1.165, 1.54) is 23.5 Å². The molecular formula is C16H13FN2O3S. The van der Waals surface area contributed by atoms with E-state index in [1.54, 1.807) is 30.5 Å². The van der Waals surface area contributed by atoms with E-state index < -0.39 is 17.5 Å². The SMILES string of the molecule is C[C@H](NC(=O)c1c(O)c2sccc2[nH]c1=O)c1ccc(F)cc1. The average Bonchev–Trinajstić information content (AvgIpc) is 2.96. The lowest BCUT2D eigenvalue weighted by molar-refractivity contribution is 0.0936. The first-order chi connectivity index (χ1) is 11.0. The highest BCUT2D eigenvalue weighted by molar-refractivity contribution is 7.17. The number of carbonyl (C=O) groups is 1. The maximum Gasteiger partial charge on any atom is 0.265 e. The number of amides is 1. The molecule has 0 aliphatic carbocycles. The Hall–Kier alpha value is -2.67. The fourth-order valence-electron chi connectivity index (χ4n) is 2.31. The average molecular weight is 332 g/mol. The van der Waals surface area contributed by atoms with Crippen LogP contribution in [0.15, 0.2) is 40.5 Å². The van der Waals surface area contributed by atoms with Crippen LogP contribution in [0.2, 0.25) is 0 Å². The first kappa shape index (κ1) is 15.2. The molecule has 0 saturated carbocycles. The van der Waals surface area contributed by atoms with Gasteiger partial charge in [0.1, 0.15) is 11.4 Å². The van der Waals surface area contributed by atoms with Crippen LogP contribution >= 0.6 is 11.3 Å². The zero-order valence-electron chi connectivity index (χ0n) is 12.1. The van der Waals surface area contributed by atoms with Gasteiger partial charge in [0, 0.05) is 0 Å². The number of halogens is 1. The number of fused-ring (bicyclic) bond motifs is 1. The van der Waals surface area contributed by atoms with E-state index in [0.29, 0.717) is 15.8 Å². The van der Waals surface area contributed by atoms with Crippen molar-refractivity contribution >= 4 is 27.5 Å². The number of hydrogen-bond acceptors (Lipinski definition) is 4. The van der Waals surface area contributed by atoms with Crippen molar-refractivity contribution in [3.8, 4) is 5.75 Å². The van der Waals surface area contributed by atoms with Gasteiger partial charge in [0.2, 0.25) is 0 Å². The standard InChI is InChI=1S/C16H13FN2O3S/c1-8(9-2-4-10(17)5-3-9)18-15(21)12-13(20)14-11(6-7-23-14)19-16(12)22/h2-8H,1H3,(H,18,21)(H2,19,20,22)/t8-/m0/s1. The number of nitrogens with one attached hydrogen (secondary N) is 2. The van der Waals surface area contributed by atoms with Gasteiger partial charge in [0.05, 0.1) is 16.3 Å². The maximum atomic E-state index is 12.9. The minimum Gasteiger partial charge on any atom is -0.505 e. The first-order valence-corrected chi connectivity index (χ1v) is 7.74. The van der Waals surface area contributed by atoms with E-state index in [-0.39, 0.29) is 17.1 Å². The highest BCUT2D eigenvalue weighted by Crippen LogP contribution is 2.29. The topological polar surface area (TPSA) is 82.2 Å². The lowest BCUT2D eigenvalue weighted by Crippen LogP contribution is -2.31. The van der Waals surface area contributed by atoms with Crippen LogP contribution in [-0.2, 0) is 0 Å². The summed E-state index contributed by atoms with van der Waals surface area (Å²) in [5.74, 6) is -1.39. The number of aromatic nitrogens is 1. The summed E-state index contributed by atoms with van der Waals surface area (Å²) in [4.78, 5) is 26.9. The summed E-state index contributed by atoms with van der Waals surface area (Å²) in [5, 5.41) is 14.5. The maximum absolute atomic E-state index is 12.9. The summed E-state index contributed by atoms with van der Waals surface area (Å²) in [5.41, 5.74) is 0.194. The van der Waals surface area contributed by atoms with Crippen molar-refractivity contribution in [1.29, 1.82) is 0 Å². The van der Waals surface area contributed by atoms with Crippen molar-refractivity contribution in [3.63, 3.8) is 0 Å². The Balaban J connectivity index is 1.91. The number of benzene rings is 1. The summed E-state index contributed by atoms with van der Waals surface area (Å²) < 4.78 is 13.4. The van der Waals surface area contributed by atoms with Gasteiger partial charge in [-0.3, -0.25) is 9.59 Å². The molecule has 0 radical (unpaired) electrons. The predicted molar refractivity (Wildman–Crippen MR) is 86.4 cm³/mol. The van der Waals surface area contributed by atoms with Crippen LogP contribution in [0, 0.1) is 5.82 Å². The van der Waals surface area contributed by atoms with Crippen LogP contribution in [0.5, 0.6) is 5.75 Å². The third kappa shape index (κ3) is 2.83. The van der Waals surface area contributed by atoms with Crippen LogP contribution in [-0.4, -0.2) is 16.0 Å². The van der Waals surface area contributed by atoms with Gasteiger partial charge in [-0.25, -0.2) is 4.39 Å². The Bertz CT molecular complexity index is 931. The lowest BCUT2D eigenvalue weighted by Gasteiger charge is -2.14. The highest BCUT2D eigenvalue weighted by atomic mass is 32.1. The van der Waals surface area contributed by atoms with Crippen LogP contribution in [0.3, 0.4) is 0 Å². The van der Waals surface area contributed by atoms with Crippen LogP contribution < -0.4 is 10.9 Å². The monoisotopic (exact) mass is 332 g/mol. The van der Waals surface area contributed by atoms with E-state index in [4.69, 9.17) is 0 Å². The van der Waals surface area contributed by atoms with Gasteiger partial charge in [0.25, 0.3) is 11.5 Å². The molecule has 3 rings (SSSR count). The molecule has 0 spiro atoms. The first-order valence-electron chi connectivity index (χ1n) is 6.86. The van der Waals surface area contributed by atoms with Gasteiger partial charge in [-0.05, 0) is 36.1 Å². The molecule has 1 atom stereocenters. The molecule has 118 valence electrons. The summed E-state index contributed by atoms with van der Waals surface area (Å²) in [6.45, 7) is 1.71. The van der Waals surface area contributed by atoms with E-state index >= 15 is 0 Å². The molecule has 0 unspecified atom stereocenters. The molecule has 3 N–H and O–H groups in total. The van der Waals surface area contributed by atoms with Gasteiger partial charge in [0.15, 0.2) is 5.75 Å². The fraction of sp³-hybridized carbons (Fsp3) is 0.125. The van der Waals surface area contributed by atoms with Crippen molar-refractivity contribution in [3.05, 3.63) is 63.0 Å². The zero-order chi connectivity index (χ0) is 16.6. The van der Waals surface area contributed by atoms with E-state index in [0.717, 1.165) is 0 Å². The normalized spacial score (nSPS) is 12.3. The second-order valence-electron chi connectivity index (χ2n) is 5.09. The Labute approximate surface area is 134 Å². The molecule has 7 heteroatoms. The molecule has 23 heavy (non-hydrogen) atoms. The van der Waals surface area contributed by atoms with Crippen LogP contribution in [0.4, 0.5) is 4.39 Å². The van der Waals surface area contributed by atoms with Crippen molar-refractivity contribution < 1.29 is 14.3 Å². The number of hydrogen-bond donors (Lipinski definition) is 3. The van der Waals surface area contributed by atoms with Gasteiger partial charge in [-0.2, -0.15) is 0 Å². The number of aromatic amines is 1. The van der Waals surface area contributed by atoms with Crippen molar-refractivity contribution in [2.45, 2.75) is 13.0 Å². The minimum atomic E-state index is -0.684. The zero-order valence-corrected chi connectivity index (χ0v) is 12.9. The van der Waals surface area contributed by atoms with Crippen molar-refractivity contribution in [2.24, 2.45) is 0 Å². The van der Waals surface area contributed by atoms with Gasteiger partial charge >= 0.3 is 0 Å². The summed E-state index contributed by atoms with van der Waals surface area (Å²) >= 11 is 1.23. The smallest absolute Gasteiger partial charge is 0.265 e. The third-order valence-electron chi connectivity index (χ3n) is 3.54. The molecule has 0 fully saturated rings. The van der Waals surface area contributed by atoms with E-state index in [1.807, 2.05) is 0 Å². The quantitative estimate of drug-likeness (QED) is 0.690. The summed E-state index contributed by atoms with van der Waals surface area (Å²) in [6, 6.07) is 6.89. The van der Waals surface area contributed by atoms with E-state index in [2.05, 4.69) is 10.3 Å². The van der Waals surface area contributed by atoms with Crippen molar-refractivity contribution in [2.75, 3.05) is 0 Å². The van der Waals surface area contributed by atoms with Crippen LogP contribution in [0.25, 0.3) is 10.2 Å². The molecule has 2 heterocycles. The minimum absolute atomic E-state index is 0.325. The fourth-order valence-corrected chi connectivity index (χ4v) is 3.11. The summed E-state index contributed by atoms with van der Waals surface area (Å²) in [7, 11) is 0. The molecule has 5 nitrogen and oxygen atoms in total. The highest BCUT2D eigenvalue weighted by Gasteiger charge is 2.21. The lowest BCUT2D eigenvalue weighted by atomic mass is 10.1. The number of H-pyrrole nitrogens is 1. The third-order valence-corrected chi connectivity index (χ3v) is 4.46. The Morgan fingerprint density at radius 2 is 2.00 bits per heavy atom. The number of aromatic hydroxyl groups is 1. The predicted octanol–water partition coefficient (Wildman–Crippen LogP) is 2.93. The molecule has 3 aromatic rings. The van der Waals surface area contributed by atoms with Gasteiger partial charge < -0.3 is 15.4 Å². The number of pyridine rings is 1. The molecule has 0 aliphatic heterocycles. The molecule has 0 bridgehead atoms. The molecular weight excluding hydrogens is 319 g/mol.